The van der Waals surface area contributed by atoms with Crippen molar-refractivity contribution >= 4 is 17.3 Å². The highest BCUT2D eigenvalue weighted by atomic mass is 19.1. The zero-order chi connectivity index (χ0) is 16.1. The first-order valence-corrected chi connectivity index (χ1v) is 7.36. The van der Waals surface area contributed by atoms with Gasteiger partial charge in [-0.2, -0.15) is 5.26 Å². The molecule has 0 spiro atoms. The van der Waals surface area contributed by atoms with E-state index in [2.05, 4.69) is 5.32 Å². The first-order valence-electron chi connectivity index (χ1n) is 7.36. The second-order valence-corrected chi connectivity index (χ2v) is 5.65. The molecule has 0 amide bonds. The van der Waals surface area contributed by atoms with Crippen LogP contribution < -0.4 is 11.1 Å². The monoisotopic (exact) mass is 305 g/mol. The van der Waals surface area contributed by atoms with Crippen molar-refractivity contribution in [1.82, 2.24) is 0 Å². The summed E-state index contributed by atoms with van der Waals surface area (Å²) in [6, 6.07) is 4.59. The molecule has 1 aromatic rings. The van der Waals surface area contributed by atoms with Crippen LogP contribution in [0.25, 0.3) is 0 Å². The highest BCUT2D eigenvalue weighted by Crippen LogP contribution is 2.31. The molecular formula is C16H20FN3O2. The molecule has 0 aliphatic heterocycles. The Morgan fingerprint density at radius 1 is 1.45 bits per heavy atom. The summed E-state index contributed by atoms with van der Waals surface area (Å²) in [7, 11) is 1.41. The molecule has 118 valence electrons. The first-order chi connectivity index (χ1) is 10.5. The summed E-state index contributed by atoms with van der Waals surface area (Å²) < 4.78 is 18.4. The van der Waals surface area contributed by atoms with Gasteiger partial charge in [-0.3, -0.25) is 4.79 Å². The Bertz CT molecular complexity index is 590. The molecule has 0 unspecified atom stereocenters. The zero-order valence-electron chi connectivity index (χ0n) is 12.6. The molecule has 6 heteroatoms. The second kappa shape index (κ2) is 7.12. The summed E-state index contributed by atoms with van der Waals surface area (Å²) in [5, 5.41) is 12.0. The summed E-state index contributed by atoms with van der Waals surface area (Å²) in [6.07, 6.45) is 3.43. The van der Waals surface area contributed by atoms with E-state index >= 15 is 0 Å². The summed E-state index contributed by atoms with van der Waals surface area (Å²) in [5.74, 6) is -0.338. The van der Waals surface area contributed by atoms with Crippen LogP contribution in [0.1, 0.15) is 31.2 Å². The highest BCUT2D eigenvalue weighted by Gasteiger charge is 2.26. The number of hydrogen-bond acceptors (Lipinski definition) is 5. The van der Waals surface area contributed by atoms with Gasteiger partial charge in [0.25, 0.3) is 0 Å². The summed E-state index contributed by atoms with van der Waals surface area (Å²) in [4.78, 5) is 11.5. The molecule has 5 nitrogen and oxygen atoms in total. The van der Waals surface area contributed by atoms with Crippen LogP contribution in [-0.4, -0.2) is 19.6 Å². The van der Waals surface area contributed by atoms with Crippen LogP contribution in [0.4, 0.5) is 15.8 Å². The van der Waals surface area contributed by atoms with Gasteiger partial charge in [0.2, 0.25) is 0 Å². The van der Waals surface area contributed by atoms with Crippen LogP contribution in [0, 0.1) is 29.0 Å². The van der Waals surface area contributed by atoms with Gasteiger partial charge in [0.1, 0.15) is 5.82 Å². The van der Waals surface area contributed by atoms with Gasteiger partial charge < -0.3 is 15.8 Å². The second-order valence-electron chi connectivity index (χ2n) is 5.65. The van der Waals surface area contributed by atoms with Crippen molar-refractivity contribution in [1.29, 1.82) is 5.26 Å². The average molecular weight is 305 g/mol. The third-order valence-corrected chi connectivity index (χ3v) is 4.22. The number of anilines is 2. The number of ether oxygens (including phenoxy) is 1. The quantitative estimate of drug-likeness (QED) is 0.659. The fourth-order valence-electron chi connectivity index (χ4n) is 2.85. The van der Waals surface area contributed by atoms with Crippen molar-refractivity contribution < 1.29 is 13.9 Å². The molecule has 1 aliphatic rings. The fourth-order valence-corrected chi connectivity index (χ4v) is 2.85. The third-order valence-electron chi connectivity index (χ3n) is 4.22. The molecule has 0 radical (unpaired) electrons. The fraction of sp³-hybridized carbons (Fsp3) is 0.500. The molecular weight excluding hydrogens is 285 g/mol. The molecule has 2 rings (SSSR count). The lowest BCUT2D eigenvalue weighted by Gasteiger charge is -2.27. The number of rotatable bonds is 4. The van der Waals surface area contributed by atoms with Crippen LogP contribution in [0.15, 0.2) is 12.1 Å². The molecule has 1 saturated carbocycles. The van der Waals surface area contributed by atoms with Crippen molar-refractivity contribution in [3.8, 4) is 6.07 Å². The molecule has 0 heterocycles. The van der Waals surface area contributed by atoms with Crippen LogP contribution in [-0.2, 0) is 9.53 Å². The number of benzene rings is 1. The number of halogens is 1. The predicted octanol–water partition coefficient (Wildman–Crippen LogP) is 2.67. The number of nitrogens with one attached hydrogen (secondary N) is 1. The normalized spacial score (nSPS) is 21.0. The van der Waals surface area contributed by atoms with Gasteiger partial charge in [0, 0.05) is 6.54 Å². The zero-order valence-corrected chi connectivity index (χ0v) is 12.6. The van der Waals surface area contributed by atoms with E-state index < -0.39 is 5.82 Å². The number of nitrogens with two attached hydrogens (primary N) is 1. The Balaban J connectivity index is 1.91. The molecule has 0 aromatic heterocycles. The van der Waals surface area contributed by atoms with Crippen molar-refractivity contribution in [2.45, 2.75) is 25.7 Å². The van der Waals surface area contributed by atoms with Gasteiger partial charge in [0.05, 0.1) is 36.0 Å². The molecule has 1 aromatic carbocycles. The lowest BCUT2D eigenvalue weighted by molar-refractivity contribution is -0.146. The molecule has 3 N–H and O–H groups in total. The van der Waals surface area contributed by atoms with Gasteiger partial charge in [-0.25, -0.2) is 4.39 Å². The Morgan fingerprint density at radius 2 is 2.14 bits per heavy atom. The van der Waals surface area contributed by atoms with E-state index in [1.54, 1.807) is 6.07 Å². The van der Waals surface area contributed by atoms with E-state index in [1.807, 2.05) is 6.07 Å². The number of carbonyl (C=O) groups is 1. The SMILES string of the molecule is COC(=O)[C@H]1CC[C@H](CNc2cc(C#N)cc(F)c2N)CC1. The van der Waals surface area contributed by atoms with E-state index in [1.165, 1.54) is 7.11 Å². The lowest BCUT2D eigenvalue weighted by Crippen LogP contribution is -2.26. The molecule has 1 fully saturated rings. The Kier molecular flexibility index (Phi) is 5.21. The Morgan fingerprint density at radius 3 is 2.73 bits per heavy atom. The number of methoxy groups -OCH3 is 1. The van der Waals surface area contributed by atoms with Gasteiger partial charge in [-0.05, 0) is 43.7 Å². The van der Waals surface area contributed by atoms with Crippen molar-refractivity contribution in [3.05, 3.63) is 23.5 Å². The molecule has 0 bridgehead atoms. The maximum Gasteiger partial charge on any atom is 0.308 e. The molecule has 1 aliphatic carbocycles. The molecule has 22 heavy (non-hydrogen) atoms. The van der Waals surface area contributed by atoms with E-state index in [0.717, 1.165) is 31.7 Å². The van der Waals surface area contributed by atoms with Crippen LogP contribution in [0.2, 0.25) is 0 Å². The standard InChI is InChI=1S/C16H20FN3O2/c1-22-16(21)12-4-2-10(3-5-12)9-20-14-7-11(8-18)6-13(17)15(14)19/h6-7,10,12,20H,2-5,9,19H2,1H3/t10-,12-. The smallest absolute Gasteiger partial charge is 0.308 e. The van der Waals surface area contributed by atoms with Gasteiger partial charge >= 0.3 is 5.97 Å². The predicted molar refractivity (Wildman–Crippen MR) is 81.5 cm³/mol. The van der Waals surface area contributed by atoms with Gasteiger partial charge in [0.15, 0.2) is 0 Å². The maximum atomic E-state index is 13.6. The van der Waals surface area contributed by atoms with Crippen molar-refractivity contribution in [3.63, 3.8) is 0 Å². The lowest BCUT2D eigenvalue weighted by atomic mass is 9.82. The van der Waals surface area contributed by atoms with Crippen molar-refractivity contribution in [2.75, 3.05) is 24.7 Å². The number of nitrogens with zero attached hydrogens (tertiary/aromatic N) is 1. The van der Waals surface area contributed by atoms with E-state index in [4.69, 9.17) is 15.7 Å². The minimum Gasteiger partial charge on any atom is -0.469 e. The van der Waals surface area contributed by atoms with E-state index in [9.17, 15) is 9.18 Å². The number of nitrogen functional groups attached to an aromatic ring is 1. The molecule has 0 atom stereocenters. The topological polar surface area (TPSA) is 88.1 Å². The Hall–Kier alpha value is -2.29. The van der Waals surface area contributed by atoms with E-state index in [-0.39, 0.29) is 23.1 Å². The van der Waals surface area contributed by atoms with Crippen LogP contribution in [0.3, 0.4) is 0 Å². The largest absolute Gasteiger partial charge is 0.469 e. The van der Waals surface area contributed by atoms with Crippen LogP contribution in [0.5, 0.6) is 0 Å². The number of carbonyl (C=O) groups excluding carboxylic acids is 1. The third kappa shape index (κ3) is 3.67. The minimum absolute atomic E-state index is 0.00863. The highest BCUT2D eigenvalue weighted by molar-refractivity contribution is 5.72. The average Bonchev–Trinajstić information content (AvgIpc) is 2.55. The van der Waals surface area contributed by atoms with E-state index in [0.29, 0.717) is 18.2 Å². The summed E-state index contributed by atoms with van der Waals surface area (Å²) in [6.45, 7) is 0.645. The Labute approximate surface area is 129 Å². The summed E-state index contributed by atoms with van der Waals surface area (Å²) in [5.41, 5.74) is 6.41. The summed E-state index contributed by atoms with van der Waals surface area (Å²) >= 11 is 0. The van der Waals surface area contributed by atoms with Crippen molar-refractivity contribution in [2.24, 2.45) is 11.8 Å². The number of esters is 1. The first kappa shape index (κ1) is 16.1. The maximum absolute atomic E-state index is 13.6. The minimum atomic E-state index is -0.587. The molecule has 0 saturated heterocycles. The number of hydrogen-bond donors (Lipinski definition) is 2. The van der Waals surface area contributed by atoms with Crippen LogP contribution >= 0.6 is 0 Å². The number of nitriles is 1. The van der Waals surface area contributed by atoms with Gasteiger partial charge in [-0.15, -0.1) is 0 Å². The van der Waals surface area contributed by atoms with Gasteiger partial charge in [-0.1, -0.05) is 0 Å².